The van der Waals surface area contributed by atoms with Crippen LogP contribution in [0.5, 0.6) is 0 Å². The van der Waals surface area contributed by atoms with Crippen LogP contribution in [0.3, 0.4) is 0 Å². The predicted octanol–water partition coefficient (Wildman–Crippen LogP) is 3.46. The molecule has 0 fully saturated rings. The Morgan fingerprint density at radius 3 is 2.55 bits per heavy atom. The van der Waals surface area contributed by atoms with Gasteiger partial charge in [-0.15, -0.1) is 0 Å². The summed E-state index contributed by atoms with van der Waals surface area (Å²) in [5.74, 6) is 0.491. The normalized spacial score (nSPS) is 13.1. The van der Waals surface area contributed by atoms with Crippen LogP contribution in [0.2, 0.25) is 0 Å². The van der Waals surface area contributed by atoms with E-state index in [2.05, 4.69) is 10.4 Å². The Morgan fingerprint density at radius 2 is 1.73 bits per heavy atom. The maximum atomic E-state index is 13.0. The maximum Gasteiger partial charge on any atom is 0.268 e. The number of aryl methyl sites for hydroxylation is 1. The molecule has 1 aliphatic heterocycles. The number of anilines is 4. The van der Waals surface area contributed by atoms with Crippen molar-refractivity contribution in [1.29, 1.82) is 0 Å². The number of hydrogen-bond donors (Lipinski definition) is 1. The molecule has 0 saturated heterocycles. The smallest absolute Gasteiger partial charge is 0.268 e. The number of benzene rings is 2. The van der Waals surface area contributed by atoms with E-state index in [0.717, 1.165) is 17.1 Å². The third-order valence-electron chi connectivity index (χ3n) is 3.67. The number of carbonyl (C=O) groups is 1. The lowest BCUT2D eigenvalue weighted by atomic mass is 10.2. The molecule has 0 spiro atoms. The third kappa shape index (κ3) is 1.87. The molecule has 3 aromatic rings. The summed E-state index contributed by atoms with van der Waals surface area (Å²) in [4.78, 5) is 14.8. The highest BCUT2D eigenvalue weighted by Crippen LogP contribution is 2.38. The highest BCUT2D eigenvalue weighted by molar-refractivity contribution is 6.16. The molecule has 0 unspecified atom stereocenters. The first-order chi connectivity index (χ1) is 10.7. The van der Waals surface area contributed by atoms with Gasteiger partial charge >= 0.3 is 0 Å². The molecule has 1 aliphatic rings. The van der Waals surface area contributed by atoms with Crippen LogP contribution in [0.15, 0.2) is 60.8 Å². The highest BCUT2D eigenvalue weighted by Gasteiger charge is 2.29. The molecule has 5 heteroatoms. The van der Waals surface area contributed by atoms with Gasteiger partial charge in [-0.25, -0.2) is 0 Å². The van der Waals surface area contributed by atoms with Gasteiger partial charge in [0, 0.05) is 18.9 Å². The predicted molar refractivity (Wildman–Crippen MR) is 85.8 cm³/mol. The van der Waals surface area contributed by atoms with Crippen LogP contribution in [-0.4, -0.2) is 15.7 Å². The minimum Gasteiger partial charge on any atom is -0.336 e. The van der Waals surface area contributed by atoms with Crippen LogP contribution in [0.4, 0.5) is 22.9 Å². The van der Waals surface area contributed by atoms with Gasteiger partial charge in [0.2, 0.25) is 0 Å². The second-order valence-electron chi connectivity index (χ2n) is 5.18. The number of rotatable bonds is 1. The van der Waals surface area contributed by atoms with Crippen LogP contribution >= 0.6 is 0 Å². The number of amides is 1. The molecule has 108 valence electrons. The van der Waals surface area contributed by atoms with Gasteiger partial charge in [-0.2, -0.15) is 5.10 Å². The summed E-state index contributed by atoms with van der Waals surface area (Å²) >= 11 is 0. The van der Waals surface area contributed by atoms with E-state index < -0.39 is 0 Å². The van der Waals surface area contributed by atoms with Gasteiger partial charge in [-0.05, 0) is 24.3 Å². The molecular formula is C17H14N4O. The second-order valence-corrected chi connectivity index (χ2v) is 5.18. The molecule has 0 radical (unpaired) electrons. The van der Waals surface area contributed by atoms with Crippen molar-refractivity contribution in [2.24, 2.45) is 7.05 Å². The molecule has 2 heterocycles. The second kappa shape index (κ2) is 4.73. The van der Waals surface area contributed by atoms with Crippen molar-refractivity contribution in [2.75, 3.05) is 10.2 Å². The first-order valence-electron chi connectivity index (χ1n) is 7.03. The van der Waals surface area contributed by atoms with Gasteiger partial charge < -0.3 is 5.32 Å². The first kappa shape index (κ1) is 12.6. The fraction of sp³-hybridized carbons (Fsp3) is 0.0588. The standard InChI is InChI=1S/C17H14N4O/c1-20-11-13-16(19-20)18-14-9-5-6-10-15(14)21(17(13)22)12-7-3-2-4-8-12/h2-11H,1H3,(H,18,19). The Bertz CT molecular complexity index is 854. The molecular weight excluding hydrogens is 276 g/mol. The van der Waals surface area contributed by atoms with E-state index in [1.165, 1.54) is 0 Å². The number of carbonyl (C=O) groups excluding carboxylic acids is 1. The highest BCUT2D eigenvalue weighted by atomic mass is 16.2. The Kier molecular flexibility index (Phi) is 2.72. The fourth-order valence-corrected chi connectivity index (χ4v) is 2.70. The quantitative estimate of drug-likeness (QED) is 0.746. The van der Waals surface area contributed by atoms with Crippen molar-refractivity contribution in [3.63, 3.8) is 0 Å². The molecule has 0 aliphatic carbocycles. The van der Waals surface area contributed by atoms with Crippen LogP contribution in [-0.2, 0) is 7.05 Å². The molecule has 0 atom stereocenters. The van der Waals surface area contributed by atoms with E-state index in [-0.39, 0.29) is 5.91 Å². The maximum absolute atomic E-state index is 13.0. The minimum absolute atomic E-state index is 0.0910. The molecule has 4 rings (SSSR count). The topological polar surface area (TPSA) is 50.2 Å². The van der Waals surface area contributed by atoms with Crippen LogP contribution < -0.4 is 10.2 Å². The lowest BCUT2D eigenvalue weighted by Crippen LogP contribution is -2.24. The Morgan fingerprint density at radius 1 is 1.00 bits per heavy atom. The minimum atomic E-state index is -0.0910. The molecule has 1 aromatic heterocycles. The molecule has 1 N–H and O–H groups in total. The largest absolute Gasteiger partial charge is 0.336 e. The average Bonchev–Trinajstić information content (AvgIpc) is 2.86. The number of aromatic nitrogens is 2. The van der Waals surface area contributed by atoms with E-state index in [9.17, 15) is 4.79 Å². The van der Waals surface area contributed by atoms with Crippen molar-refractivity contribution in [2.45, 2.75) is 0 Å². The van der Waals surface area contributed by atoms with E-state index in [0.29, 0.717) is 11.4 Å². The SMILES string of the molecule is Cn1cc2c(n1)Nc1ccccc1N(c1ccccc1)C2=O. The Hall–Kier alpha value is -3.08. The lowest BCUT2D eigenvalue weighted by molar-refractivity contribution is 0.100. The van der Waals surface area contributed by atoms with Crippen molar-refractivity contribution in [3.05, 3.63) is 66.4 Å². The van der Waals surface area contributed by atoms with Gasteiger partial charge in [0.05, 0.1) is 11.4 Å². The zero-order chi connectivity index (χ0) is 15.1. The van der Waals surface area contributed by atoms with Crippen LogP contribution in [0.1, 0.15) is 10.4 Å². The molecule has 22 heavy (non-hydrogen) atoms. The van der Waals surface area contributed by atoms with Gasteiger partial charge in [-0.1, -0.05) is 30.3 Å². The molecule has 0 bridgehead atoms. The number of nitrogens with zero attached hydrogens (tertiary/aromatic N) is 3. The summed E-state index contributed by atoms with van der Waals surface area (Å²) in [6, 6.07) is 17.4. The summed E-state index contributed by atoms with van der Waals surface area (Å²) < 4.78 is 1.65. The van der Waals surface area contributed by atoms with Gasteiger partial charge in [-0.3, -0.25) is 14.4 Å². The molecule has 1 amide bonds. The van der Waals surface area contributed by atoms with E-state index in [4.69, 9.17) is 0 Å². The number of nitrogens with one attached hydrogen (secondary N) is 1. The summed E-state index contributed by atoms with van der Waals surface area (Å²) in [6.45, 7) is 0. The summed E-state index contributed by atoms with van der Waals surface area (Å²) in [5.41, 5.74) is 3.07. The van der Waals surface area contributed by atoms with Gasteiger partial charge in [0.1, 0.15) is 5.56 Å². The molecule has 5 nitrogen and oxygen atoms in total. The number of para-hydroxylation sites is 3. The number of hydrogen-bond acceptors (Lipinski definition) is 3. The van der Waals surface area contributed by atoms with Crippen LogP contribution in [0, 0.1) is 0 Å². The van der Waals surface area contributed by atoms with Crippen molar-refractivity contribution < 1.29 is 4.79 Å². The monoisotopic (exact) mass is 290 g/mol. The molecule has 0 saturated carbocycles. The van der Waals surface area contributed by atoms with E-state index in [1.54, 1.807) is 15.8 Å². The van der Waals surface area contributed by atoms with Crippen molar-refractivity contribution >= 4 is 28.8 Å². The van der Waals surface area contributed by atoms with E-state index in [1.807, 2.05) is 61.6 Å². The lowest BCUT2D eigenvalue weighted by Gasteiger charge is -2.22. The summed E-state index contributed by atoms with van der Waals surface area (Å²) in [5, 5.41) is 7.61. The fourth-order valence-electron chi connectivity index (χ4n) is 2.70. The number of fused-ring (bicyclic) bond motifs is 2. The first-order valence-corrected chi connectivity index (χ1v) is 7.03. The molecule has 2 aromatic carbocycles. The van der Waals surface area contributed by atoms with Gasteiger partial charge in [0.25, 0.3) is 5.91 Å². The van der Waals surface area contributed by atoms with Crippen LogP contribution in [0.25, 0.3) is 0 Å². The average molecular weight is 290 g/mol. The summed E-state index contributed by atoms with van der Waals surface area (Å²) in [6.07, 6.45) is 1.74. The van der Waals surface area contributed by atoms with Crippen molar-refractivity contribution in [1.82, 2.24) is 9.78 Å². The van der Waals surface area contributed by atoms with E-state index >= 15 is 0 Å². The Labute approximate surface area is 127 Å². The summed E-state index contributed by atoms with van der Waals surface area (Å²) in [7, 11) is 1.81. The Balaban J connectivity index is 1.97. The zero-order valence-corrected chi connectivity index (χ0v) is 12.0. The van der Waals surface area contributed by atoms with Crippen molar-refractivity contribution in [3.8, 4) is 0 Å². The van der Waals surface area contributed by atoms with Gasteiger partial charge in [0.15, 0.2) is 5.82 Å². The third-order valence-corrected chi connectivity index (χ3v) is 3.67. The zero-order valence-electron chi connectivity index (χ0n) is 12.0.